The van der Waals surface area contributed by atoms with E-state index in [1.54, 1.807) is 6.07 Å². The van der Waals surface area contributed by atoms with Gasteiger partial charge < -0.3 is 5.11 Å². The van der Waals surface area contributed by atoms with Crippen molar-refractivity contribution in [2.24, 2.45) is 0 Å². The smallest absolute Gasteiger partial charge is 0.335 e. The highest BCUT2D eigenvalue weighted by Crippen LogP contribution is 2.24. The summed E-state index contributed by atoms with van der Waals surface area (Å²) in [6.07, 6.45) is 16.4. The van der Waals surface area contributed by atoms with Gasteiger partial charge in [0.25, 0.3) is 0 Å². The van der Waals surface area contributed by atoms with Crippen molar-refractivity contribution in [3.8, 4) is 0 Å². The highest BCUT2D eigenvalue weighted by atomic mass is 16.4. The zero-order chi connectivity index (χ0) is 18.8. The molecule has 2 nitrogen and oxygen atoms in total. The van der Waals surface area contributed by atoms with E-state index in [0.29, 0.717) is 5.56 Å². The summed E-state index contributed by atoms with van der Waals surface area (Å²) in [6.45, 7) is 4.14. The molecule has 0 bridgehead atoms. The van der Waals surface area contributed by atoms with Crippen LogP contribution in [0.4, 0.5) is 0 Å². The van der Waals surface area contributed by atoms with E-state index in [1.165, 1.54) is 56.9 Å². The molecule has 1 N–H and O–H groups in total. The van der Waals surface area contributed by atoms with Crippen molar-refractivity contribution in [3.63, 3.8) is 0 Å². The lowest BCUT2D eigenvalue weighted by Crippen LogP contribution is -1.99. The third kappa shape index (κ3) is 6.01. The first kappa shape index (κ1) is 20.2. The van der Waals surface area contributed by atoms with Crippen LogP contribution in [0.15, 0.2) is 36.4 Å². The molecule has 140 valence electrons. The minimum Gasteiger partial charge on any atom is -0.478 e. The molecule has 0 heterocycles. The molecule has 0 aliphatic carbocycles. The van der Waals surface area contributed by atoms with Gasteiger partial charge >= 0.3 is 5.97 Å². The van der Waals surface area contributed by atoms with E-state index in [0.717, 1.165) is 22.8 Å². The van der Waals surface area contributed by atoms with Crippen molar-refractivity contribution < 1.29 is 9.90 Å². The van der Waals surface area contributed by atoms with Crippen LogP contribution in [0.5, 0.6) is 0 Å². The van der Waals surface area contributed by atoms with Crippen molar-refractivity contribution in [2.45, 2.75) is 71.6 Å². The zero-order valence-electron chi connectivity index (χ0n) is 16.3. The molecular weight excluding hydrogens is 320 g/mol. The Labute approximate surface area is 157 Å². The summed E-state index contributed by atoms with van der Waals surface area (Å²) in [7, 11) is 0. The van der Waals surface area contributed by atoms with E-state index >= 15 is 0 Å². The fourth-order valence-electron chi connectivity index (χ4n) is 3.45. The number of hydrogen-bond acceptors (Lipinski definition) is 1. The summed E-state index contributed by atoms with van der Waals surface area (Å²) in [5.74, 6) is -0.862. The summed E-state index contributed by atoms with van der Waals surface area (Å²) < 4.78 is 0. The standard InChI is InChI=1S/C24H32O2/c1-3-4-5-6-7-8-9-10-11-12-13-20-14-16-22-19(2)23(24(25)26)17-15-21(22)18-20/h12-18H,3-11H2,1-2H3,(H,25,26)/b13-12+. The second-order valence-corrected chi connectivity index (χ2v) is 7.19. The van der Waals surface area contributed by atoms with Gasteiger partial charge in [0.05, 0.1) is 5.56 Å². The van der Waals surface area contributed by atoms with Crippen LogP contribution in [0, 0.1) is 6.92 Å². The molecule has 0 aliphatic heterocycles. The van der Waals surface area contributed by atoms with E-state index in [1.807, 2.05) is 19.1 Å². The maximum absolute atomic E-state index is 11.2. The van der Waals surface area contributed by atoms with Crippen LogP contribution in [0.3, 0.4) is 0 Å². The van der Waals surface area contributed by atoms with Crippen LogP contribution >= 0.6 is 0 Å². The Kier molecular flexibility index (Phi) is 8.40. The number of carboxylic acid groups (broad SMARTS) is 1. The Morgan fingerprint density at radius 3 is 2.35 bits per heavy atom. The largest absolute Gasteiger partial charge is 0.478 e. The number of fused-ring (bicyclic) bond motifs is 1. The lowest BCUT2D eigenvalue weighted by molar-refractivity contribution is 0.0696. The minimum absolute atomic E-state index is 0.385. The molecule has 0 saturated heterocycles. The van der Waals surface area contributed by atoms with Gasteiger partial charge in [0, 0.05) is 0 Å². The van der Waals surface area contributed by atoms with E-state index in [2.05, 4.69) is 31.2 Å². The molecule has 0 aromatic heterocycles. The fraction of sp³-hybridized carbons (Fsp3) is 0.458. The van der Waals surface area contributed by atoms with Gasteiger partial charge in [-0.15, -0.1) is 0 Å². The highest BCUT2D eigenvalue weighted by molar-refractivity contribution is 5.98. The predicted molar refractivity (Wildman–Crippen MR) is 112 cm³/mol. The van der Waals surface area contributed by atoms with Crippen molar-refractivity contribution in [2.75, 3.05) is 0 Å². The van der Waals surface area contributed by atoms with E-state index in [4.69, 9.17) is 0 Å². The van der Waals surface area contributed by atoms with E-state index in [9.17, 15) is 9.90 Å². The van der Waals surface area contributed by atoms with Gasteiger partial charge in [-0.3, -0.25) is 0 Å². The van der Waals surface area contributed by atoms with E-state index < -0.39 is 5.97 Å². The van der Waals surface area contributed by atoms with Gasteiger partial charge in [-0.2, -0.15) is 0 Å². The van der Waals surface area contributed by atoms with Crippen molar-refractivity contribution in [1.82, 2.24) is 0 Å². The van der Waals surface area contributed by atoms with Crippen LogP contribution < -0.4 is 0 Å². The Balaban J connectivity index is 1.81. The molecule has 26 heavy (non-hydrogen) atoms. The average Bonchev–Trinajstić information content (AvgIpc) is 2.63. The monoisotopic (exact) mass is 352 g/mol. The van der Waals surface area contributed by atoms with E-state index in [-0.39, 0.29) is 0 Å². The van der Waals surface area contributed by atoms with Gasteiger partial charge in [-0.25, -0.2) is 4.79 Å². The topological polar surface area (TPSA) is 37.3 Å². The SMILES string of the molecule is CCCCCCCCCC/C=C/c1ccc2c(C)c(C(=O)O)ccc2c1. The van der Waals surface area contributed by atoms with Crippen molar-refractivity contribution in [1.29, 1.82) is 0 Å². The molecule has 0 aliphatic rings. The fourth-order valence-corrected chi connectivity index (χ4v) is 3.45. The number of benzene rings is 2. The Morgan fingerprint density at radius 1 is 0.962 bits per heavy atom. The number of carboxylic acids is 1. The number of hydrogen-bond donors (Lipinski definition) is 1. The van der Waals surface area contributed by atoms with Crippen LogP contribution in [0.25, 0.3) is 16.8 Å². The molecule has 2 aromatic rings. The Bertz CT molecular complexity index is 743. The molecule has 0 atom stereocenters. The van der Waals surface area contributed by atoms with Gasteiger partial charge in [-0.05, 0) is 53.8 Å². The van der Waals surface area contributed by atoms with Gasteiger partial charge in [0.15, 0.2) is 0 Å². The molecule has 2 aromatic carbocycles. The summed E-state index contributed by atoms with van der Waals surface area (Å²) in [5, 5.41) is 11.3. The summed E-state index contributed by atoms with van der Waals surface area (Å²) in [5.41, 5.74) is 2.40. The molecule has 0 unspecified atom stereocenters. The lowest BCUT2D eigenvalue weighted by Gasteiger charge is -2.07. The van der Waals surface area contributed by atoms with Crippen LogP contribution in [-0.2, 0) is 0 Å². The molecule has 0 spiro atoms. The third-order valence-electron chi connectivity index (χ3n) is 5.08. The van der Waals surface area contributed by atoms with Crippen molar-refractivity contribution >= 4 is 22.8 Å². The number of unbranched alkanes of at least 4 members (excludes halogenated alkanes) is 8. The molecule has 0 fully saturated rings. The molecule has 0 amide bonds. The highest BCUT2D eigenvalue weighted by Gasteiger charge is 2.09. The number of aryl methyl sites for hydroxylation is 1. The molecule has 2 heteroatoms. The third-order valence-corrected chi connectivity index (χ3v) is 5.08. The summed E-state index contributed by atoms with van der Waals surface area (Å²) in [4.78, 5) is 11.2. The van der Waals surface area contributed by atoms with Crippen LogP contribution in [0.2, 0.25) is 0 Å². The van der Waals surface area contributed by atoms with Crippen LogP contribution in [0.1, 0.15) is 86.2 Å². The Morgan fingerprint density at radius 2 is 1.65 bits per heavy atom. The number of aromatic carboxylic acids is 1. The second-order valence-electron chi connectivity index (χ2n) is 7.19. The Hall–Kier alpha value is -2.09. The average molecular weight is 353 g/mol. The molecule has 0 radical (unpaired) electrons. The second kappa shape index (κ2) is 10.8. The molecule has 2 rings (SSSR count). The maximum Gasteiger partial charge on any atom is 0.335 e. The normalized spacial score (nSPS) is 11.5. The lowest BCUT2D eigenvalue weighted by atomic mass is 9.98. The van der Waals surface area contributed by atoms with Gasteiger partial charge in [0.2, 0.25) is 0 Å². The first-order valence-electron chi connectivity index (χ1n) is 10.1. The minimum atomic E-state index is -0.862. The molecule has 0 saturated carbocycles. The zero-order valence-corrected chi connectivity index (χ0v) is 16.3. The van der Waals surface area contributed by atoms with Gasteiger partial charge in [-0.1, -0.05) is 82.2 Å². The number of carbonyl (C=O) groups is 1. The summed E-state index contributed by atoms with van der Waals surface area (Å²) in [6, 6.07) is 9.85. The predicted octanol–water partition coefficient (Wildman–Crippen LogP) is 7.39. The summed E-state index contributed by atoms with van der Waals surface area (Å²) >= 11 is 0. The molecular formula is C24H32O2. The van der Waals surface area contributed by atoms with Crippen LogP contribution in [-0.4, -0.2) is 11.1 Å². The first-order valence-corrected chi connectivity index (χ1v) is 10.1. The van der Waals surface area contributed by atoms with Crippen molar-refractivity contribution in [3.05, 3.63) is 53.1 Å². The quantitative estimate of drug-likeness (QED) is 0.428. The number of allylic oxidation sites excluding steroid dienone is 1. The van der Waals surface area contributed by atoms with Gasteiger partial charge in [0.1, 0.15) is 0 Å². The number of rotatable bonds is 11. The maximum atomic E-state index is 11.2. The first-order chi connectivity index (χ1) is 12.6.